The van der Waals surface area contributed by atoms with E-state index in [0.29, 0.717) is 23.1 Å². The molecular weight excluding hydrogens is 367 g/mol. The van der Waals surface area contributed by atoms with Crippen LogP contribution in [0.1, 0.15) is 12.0 Å². The van der Waals surface area contributed by atoms with Crippen LogP contribution in [0.15, 0.2) is 47.8 Å². The Morgan fingerprint density at radius 2 is 1.96 bits per heavy atom. The van der Waals surface area contributed by atoms with E-state index in [-0.39, 0.29) is 18.1 Å². The maximum Gasteiger partial charge on any atom is 0.226 e. The van der Waals surface area contributed by atoms with Crippen molar-refractivity contribution in [2.45, 2.75) is 12.8 Å². The Morgan fingerprint density at radius 1 is 1.15 bits per heavy atom. The van der Waals surface area contributed by atoms with Crippen LogP contribution in [0.2, 0.25) is 0 Å². The van der Waals surface area contributed by atoms with E-state index < -0.39 is 0 Å². The summed E-state index contributed by atoms with van der Waals surface area (Å²) in [7, 11) is 3.16. The fraction of sp³-hybridized carbons (Fsp3) is 0.200. The van der Waals surface area contributed by atoms with E-state index >= 15 is 0 Å². The lowest BCUT2D eigenvalue weighted by Crippen LogP contribution is -2.12. The van der Waals surface area contributed by atoms with Gasteiger partial charge in [0, 0.05) is 17.4 Å². The summed E-state index contributed by atoms with van der Waals surface area (Å²) in [4.78, 5) is 16.6. The van der Waals surface area contributed by atoms with Crippen LogP contribution in [0, 0.1) is 5.82 Å². The van der Waals surface area contributed by atoms with Gasteiger partial charge in [0.25, 0.3) is 0 Å². The molecule has 0 saturated heterocycles. The Balaban J connectivity index is 1.63. The number of rotatable bonds is 7. The highest BCUT2D eigenvalue weighted by Gasteiger charge is 2.11. The number of carbonyl (C=O) groups is 1. The smallest absolute Gasteiger partial charge is 0.226 e. The molecule has 0 aliphatic heterocycles. The Morgan fingerprint density at radius 3 is 2.70 bits per heavy atom. The number of carbonyl (C=O) groups excluding carboxylic acids is 1. The van der Waals surface area contributed by atoms with Gasteiger partial charge >= 0.3 is 0 Å². The summed E-state index contributed by atoms with van der Waals surface area (Å²) in [5, 5.41) is 5.17. The number of aromatic nitrogens is 1. The van der Waals surface area contributed by atoms with Crippen molar-refractivity contribution in [3.8, 4) is 22.8 Å². The van der Waals surface area contributed by atoms with Gasteiger partial charge in [-0.05, 0) is 42.3 Å². The molecule has 27 heavy (non-hydrogen) atoms. The molecule has 140 valence electrons. The van der Waals surface area contributed by atoms with E-state index in [1.807, 2.05) is 23.6 Å². The second kappa shape index (κ2) is 8.64. The lowest BCUT2D eigenvalue weighted by atomic mass is 10.1. The molecule has 1 aromatic heterocycles. The van der Waals surface area contributed by atoms with Crippen LogP contribution in [0.25, 0.3) is 11.3 Å². The minimum absolute atomic E-state index is 0.160. The number of nitrogens with zero attached hydrogens (tertiary/aromatic N) is 1. The molecule has 0 fully saturated rings. The van der Waals surface area contributed by atoms with E-state index in [0.717, 1.165) is 16.8 Å². The average molecular weight is 386 g/mol. The first-order valence-corrected chi connectivity index (χ1v) is 9.19. The first kappa shape index (κ1) is 18.8. The van der Waals surface area contributed by atoms with Crippen molar-refractivity contribution >= 4 is 22.4 Å². The summed E-state index contributed by atoms with van der Waals surface area (Å²) in [6.07, 6.45) is 0.728. The SMILES string of the molecule is COc1ccc(-c2csc(NC(=O)CCc3cccc(F)c3)n2)cc1OC. The van der Waals surface area contributed by atoms with Crippen LogP contribution in [0.4, 0.5) is 9.52 Å². The number of thiazole rings is 1. The van der Waals surface area contributed by atoms with Gasteiger partial charge in [-0.15, -0.1) is 11.3 Å². The monoisotopic (exact) mass is 386 g/mol. The summed E-state index contributed by atoms with van der Waals surface area (Å²) in [5.74, 6) is 0.797. The third-order valence-electron chi connectivity index (χ3n) is 3.96. The number of aryl methyl sites for hydroxylation is 1. The standard InChI is InChI=1S/C20H19FN2O3S/c1-25-17-8-7-14(11-18(17)26-2)16-12-27-20(22-16)23-19(24)9-6-13-4-3-5-15(21)10-13/h3-5,7-8,10-12H,6,9H2,1-2H3,(H,22,23,24). The molecule has 0 spiro atoms. The number of hydrogen-bond donors (Lipinski definition) is 1. The number of benzene rings is 2. The number of methoxy groups -OCH3 is 2. The van der Waals surface area contributed by atoms with Crippen LogP contribution >= 0.6 is 11.3 Å². The van der Waals surface area contributed by atoms with Crippen LogP contribution in [-0.2, 0) is 11.2 Å². The third-order valence-corrected chi connectivity index (χ3v) is 4.72. The molecule has 1 heterocycles. The van der Waals surface area contributed by atoms with Gasteiger partial charge in [0.05, 0.1) is 19.9 Å². The number of hydrogen-bond acceptors (Lipinski definition) is 5. The molecule has 0 radical (unpaired) electrons. The molecule has 1 amide bonds. The van der Waals surface area contributed by atoms with Gasteiger partial charge in [-0.1, -0.05) is 12.1 Å². The number of nitrogens with one attached hydrogen (secondary N) is 1. The lowest BCUT2D eigenvalue weighted by molar-refractivity contribution is -0.116. The first-order chi connectivity index (χ1) is 13.1. The molecule has 0 atom stereocenters. The third kappa shape index (κ3) is 4.83. The van der Waals surface area contributed by atoms with Gasteiger partial charge in [0.1, 0.15) is 5.82 Å². The second-order valence-corrected chi connectivity index (χ2v) is 6.64. The average Bonchev–Trinajstić information content (AvgIpc) is 3.14. The largest absolute Gasteiger partial charge is 0.493 e. The Kier molecular flexibility index (Phi) is 6.03. The van der Waals surface area contributed by atoms with Gasteiger partial charge in [0.15, 0.2) is 16.6 Å². The number of ether oxygens (including phenoxy) is 2. The zero-order valence-corrected chi connectivity index (χ0v) is 15.8. The molecule has 0 saturated carbocycles. The van der Waals surface area contributed by atoms with Crippen molar-refractivity contribution in [1.82, 2.24) is 4.98 Å². The van der Waals surface area contributed by atoms with E-state index in [1.165, 1.54) is 23.5 Å². The van der Waals surface area contributed by atoms with E-state index in [1.54, 1.807) is 26.4 Å². The van der Waals surface area contributed by atoms with Crippen molar-refractivity contribution in [3.63, 3.8) is 0 Å². The molecule has 3 aromatic rings. The summed E-state index contributed by atoms with van der Waals surface area (Å²) in [6.45, 7) is 0. The van der Waals surface area contributed by atoms with Gasteiger partial charge in [-0.25, -0.2) is 9.37 Å². The molecule has 0 aliphatic rings. The Bertz CT molecular complexity index is 942. The van der Waals surface area contributed by atoms with Crippen LogP contribution in [-0.4, -0.2) is 25.1 Å². The molecular formula is C20H19FN2O3S. The fourth-order valence-electron chi connectivity index (χ4n) is 2.59. The Labute approximate surface area is 160 Å². The number of anilines is 1. The highest BCUT2D eigenvalue weighted by Crippen LogP contribution is 2.33. The molecule has 0 aliphatic carbocycles. The molecule has 0 unspecified atom stereocenters. The summed E-state index contributed by atoms with van der Waals surface area (Å²) >= 11 is 1.35. The van der Waals surface area contributed by atoms with Crippen molar-refractivity contribution in [1.29, 1.82) is 0 Å². The normalized spacial score (nSPS) is 10.5. The van der Waals surface area contributed by atoms with Gasteiger partial charge in [-0.2, -0.15) is 0 Å². The summed E-state index contributed by atoms with van der Waals surface area (Å²) < 4.78 is 23.7. The maximum absolute atomic E-state index is 13.2. The van der Waals surface area contributed by atoms with Crippen molar-refractivity contribution < 1.29 is 18.7 Å². The van der Waals surface area contributed by atoms with Gasteiger partial charge in [-0.3, -0.25) is 4.79 Å². The number of amides is 1. The zero-order valence-electron chi connectivity index (χ0n) is 15.0. The fourth-order valence-corrected chi connectivity index (χ4v) is 3.33. The predicted octanol–water partition coefficient (Wildman–Crippen LogP) is 4.54. The van der Waals surface area contributed by atoms with Crippen LogP contribution < -0.4 is 14.8 Å². The molecule has 3 rings (SSSR count). The van der Waals surface area contributed by atoms with Crippen molar-refractivity contribution in [2.24, 2.45) is 0 Å². The van der Waals surface area contributed by atoms with Crippen LogP contribution in [0.3, 0.4) is 0 Å². The zero-order chi connectivity index (χ0) is 19.2. The quantitative estimate of drug-likeness (QED) is 0.648. The molecule has 7 heteroatoms. The summed E-state index contributed by atoms with van der Waals surface area (Å²) in [5.41, 5.74) is 2.39. The predicted molar refractivity (Wildman–Crippen MR) is 104 cm³/mol. The minimum atomic E-state index is -0.299. The van der Waals surface area contributed by atoms with Crippen molar-refractivity contribution in [2.75, 3.05) is 19.5 Å². The molecule has 1 N–H and O–H groups in total. The second-order valence-electron chi connectivity index (χ2n) is 5.79. The van der Waals surface area contributed by atoms with E-state index in [2.05, 4.69) is 10.3 Å². The highest BCUT2D eigenvalue weighted by molar-refractivity contribution is 7.14. The van der Waals surface area contributed by atoms with E-state index in [4.69, 9.17) is 9.47 Å². The molecule has 2 aromatic carbocycles. The number of halogens is 1. The summed E-state index contributed by atoms with van der Waals surface area (Å²) in [6, 6.07) is 11.8. The van der Waals surface area contributed by atoms with Crippen molar-refractivity contribution in [3.05, 3.63) is 59.2 Å². The van der Waals surface area contributed by atoms with Gasteiger partial charge in [0.2, 0.25) is 5.91 Å². The lowest BCUT2D eigenvalue weighted by Gasteiger charge is -2.08. The molecule has 0 bridgehead atoms. The molecule has 5 nitrogen and oxygen atoms in total. The maximum atomic E-state index is 13.2. The first-order valence-electron chi connectivity index (χ1n) is 8.31. The van der Waals surface area contributed by atoms with E-state index in [9.17, 15) is 9.18 Å². The minimum Gasteiger partial charge on any atom is -0.493 e. The van der Waals surface area contributed by atoms with Gasteiger partial charge < -0.3 is 14.8 Å². The Hall–Kier alpha value is -2.93. The topological polar surface area (TPSA) is 60.5 Å². The highest BCUT2D eigenvalue weighted by atomic mass is 32.1. The van der Waals surface area contributed by atoms with Crippen LogP contribution in [0.5, 0.6) is 11.5 Å².